The van der Waals surface area contributed by atoms with Crippen LogP contribution < -0.4 is 10.1 Å². The molecule has 0 aromatic heterocycles. The van der Waals surface area contributed by atoms with Crippen LogP contribution in [0.3, 0.4) is 0 Å². The number of hydrogen-bond donors (Lipinski definition) is 1. The summed E-state index contributed by atoms with van der Waals surface area (Å²) in [6, 6.07) is 8.09. The molecule has 1 aliphatic heterocycles. The molecule has 1 amide bonds. The summed E-state index contributed by atoms with van der Waals surface area (Å²) < 4.78 is 5.14. The summed E-state index contributed by atoms with van der Waals surface area (Å²) >= 11 is 0. The molecule has 1 heterocycles. The van der Waals surface area contributed by atoms with E-state index < -0.39 is 0 Å². The number of likely N-dealkylation sites (tertiary alicyclic amines) is 1. The van der Waals surface area contributed by atoms with Crippen LogP contribution in [0.15, 0.2) is 24.3 Å². The molecular weight excluding hydrogens is 252 g/mol. The molecular formula is C16H24N2O2. The topological polar surface area (TPSA) is 41.6 Å². The van der Waals surface area contributed by atoms with Crippen LogP contribution in [-0.2, 0) is 11.2 Å². The lowest BCUT2D eigenvalue weighted by Crippen LogP contribution is -2.48. The van der Waals surface area contributed by atoms with E-state index in [9.17, 15) is 4.79 Å². The van der Waals surface area contributed by atoms with Gasteiger partial charge in [-0.15, -0.1) is 0 Å². The first-order valence-electron chi connectivity index (χ1n) is 7.31. The lowest BCUT2D eigenvalue weighted by molar-refractivity contribution is -0.134. The Bertz CT molecular complexity index is 429. The Hall–Kier alpha value is -1.55. The van der Waals surface area contributed by atoms with Gasteiger partial charge in [0.05, 0.1) is 13.5 Å². The largest absolute Gasteiger partial charge is 0.497 e. The van der Waals surface area contributed by atoms with Gasteiger partial charge >= 0.3 is 0 Å². The third-order valence-electron chi connectivity index (χ3n) is 3.90. The number of nitrogens with zero attached hydrogens (tertiary/aromatic N) is 1. The monoisotopic (exact) mass is 276 g/mol. The van der Waals surface area contributed by atoms with Gasteiger partial charge in [-0.25, -0.2) is 0 Å². The fraction of sp³-hybridized carbons (Fsp3) is 0.562. The number of carbonyl (C=O) groups is 1. The summed E-state index contributed by atoms with van der Waals surface area (Å²) in [5, 5.41) is 3.19. The second-order valence-corrected chi connectivity index (χ2v) is 5.32. The predicted octanol–water partition coefficient (Wildman–Crippen LogP) is 1.84. The fourth-order valence-electron chi connectivity index (χ4n) is 2.80. The zero-order valence-corrected chi connectivity index (χ0v) is 12.4. The minimum Gasteiger partial charge on any atom is -0.497 e. The molecule has 1 fully saturated rings. The van der Waals surface area contributed by atoms with Crippen molar-refractivity contribution in [3.63, 3.8) is 0 Å². The number of carbonyl (C=O) groups excluding carboxylic acids is 1. The molecule has 1 unspecified atom stereocenters. The summed E-state index contributed by atoms with van der Waals surface area (Å²) in [4.78, 5) is 14.5. The van der Waals surface area contributed by atoms with Crippen LogP contribution in [0.25, 0.3) is 0 Å². The zero-order valence-electron chi connectivity index (χ0n) is 12.4. The molecule has 0 spiro atoms. The molecule has 110 valence electrons. The highest BCUT2D eigenvalue weighted by Crippen LogP contribution is 2.19. The van der Waals surface area contributed by atoms with Crippen LogP contribution in [0.1, 0.15) is 24.8 Å². The number of hydrogen-bond acceptors (Lipinski definition) is 3. The minimum absolute atomic E-state index is 0.232. The van der Waals surface area contributed by atoms with E-state index in [4.69, 9.17) is 4.74 Å². The minimum atomic E-state index is 0.232. The Morgan fingerprint density at radius 3 is 2.75 bits per heavy atom. The average Bonchev–Trinajstić information content (AvgIpc) is 2.49. The van der Waals surface area contributed by atoms with Crippen LogP contribution in [0.2, 0.25) is 0 Å². The van der Waals surface area contributed by atoms with E-state index in [2.05, 4.69) is 5.32 Å². The van der Waals surface area contributed by atoms with Gasteiger partial charge in [0.2, 0.25) is 5.91 Å². The Balaban J connectivity index is 1.98. The Morgan fingerprint density at radius 2 is 2.10 bits per heavy atom. The van der Waals surface area contributed by atoms with Crippen molar-refractivity contribution >= 4 is 5.91 Å². The molecule has 0 radical (unpaired) electrons. The molecule has 20 heavy (non-hydrogen) atoms. The Morgan fingerprint density at radius 1 is 1.35 bits per heavy atom. The van der Waals surface area contributed by atoms with Gasteiger partial charge in [0.1, 0.15) is 5.75 Å². The maximum Gasteiger partial charge on any atom is 0.227 e. The normalized spacial score (nSPS) is 18.9. The SMILES string of the molecule is CNCC1CCCCN1C(=O)Cc1ccc(OC)cc1. The maximum atomic E-state index is 12.5. The van der Waals surface area contributed by atoms with Gasteiger partial charge in [-0.2, -0.15) is 0 Å². The molecule has 1 N–H and O–H groups in total. The first-order chi connectivity index (χ1) is 9.74. The fourth-order valence-corrected chi connectivity index (χ4v) is 2.80. The van der Waals surface area contributed by atoms with Crippen LogP contribution >= 0.6 is 0 Å². The molecule has 1 aliphatic rings. The molecule has 0 bridgehead atoms. The summed E-state index contributed by atoms with van der Waals surface area (Å²) in [6.45, 7) is 1.77. The maximum absolute atomic E-state index is 12.5. The standard InChI is InChI=1S/C16H24N2O2/c1-17-12-14-5-3-4-10-18(14)16(19)11-13-6-8-15(20-2)9-7-13/h6-9,14,17H,3-5,10-12H2,1-2H3. The molecule has 2 rings (SSSR count). The number of rotatable bonds is 5. The first kappa shape index (κ1) is 14.9. The molecule has 4 nitrogen and oxygen atoms in total. The number of nitrogens with one attached hydrogen (secondary N) is 1. The third-order valence-corrected chi connectivity index (χ3v) is 3.90. The van der Waals surface area contributed by atoms with Crippen molar-refractivity contribution in [2.75, 3.05) is 27.2 Å². The summed E-state index contributed by atoms with van der Waals surface area (Å²) in [5.74, 6) is 1.06. The van der Waals surface area contributed by atoms with Gasteiger partial charge in [0, 0.05) is 19.1 Å². The van der Waals surface area contributed by atoms with Gasteiger partial charge in [-0.3, -0.25) is 4.79 Å². The van der Waals surface area contributed by atoms with Crippen molar-refractivity contribution in [1.29, 1.82) is 0 Å². The zero-order chi connectivity index (χ0) is 14.4. The van der Waals surface area contributed by atoms with E-state index in [1.165, 1.54) is 6.42 Å². The summed E-state index contributed by atoms with van der Waals surface area (Å²) in [6.07, 6.45) is 3.92. The van der Waals surface area contributed by atoms with Gasteiger partial charge in [-0.1, -0.05) is 12.1 Å². The molecule has 0 aliphatic carbocycles. The van der Waals surface area contributed by atoms with Crippen LogP contribution in [0, 0.1) is 0 Å². The van der Waals surface area contributed by atoms with Crippen molar-refractivity contribution < 1.29 is 9.53 Å². The van der Waals surface area contributed by atoms with E-state index in [1.54, 1.807) is 7.11 Å². The molecule has 1 saturated heterocycles. The number of benzene rings is 1. The quantitative estimate of drug-likeness (QED) is 0.892. The number of likely N-dealkylation sites (N-methyl/N-ethyl adjacent to an activating group) is 1. The molecule has 1 atom stereocenters. The van der Waals surface area contributed by atoms with Crippen molar-refractivity contribution in [2.45, 2.75) is 31.7 Å². The van der Waals surface area contributed by atoms with E-state index in [0.717, 1.165) is 37.2 Å². The van der Waals surface area contributed by atoms with E-state index in [-0.39, 0.29) is 5.91 Å². The molecule has 0 saturated carbocycles. The number of methoxy groups -OCH3 is 1. The smallest absolute Gasteiger partial charge is 0.227 e. The summed E-state index contributed by atoms with van der Waals surface area (Å²) in [7, 11) is 3.59. The van der Waals surface area contributed by atoms with Gasteiger partial charge < -0.3 is 15.0 Å². The van der Waals surface area contributed by atoms with E-state index >= 15 is 0 Å². The highest BCUT2D eigenvalue weighted by molar-refractivity contribution is 5.79. The van der Waals surface area contributed by atoms with Crippen LogP contribution in [0.4, 0.5) is 0 Å². The molecule has 1 aromatic carbocycles. The van der Waals surface area contributed by atoms with Crippen molar-refractivity contribution in [3.8, 4) is 5.75 Å². The van der Waals surface area contributed by atoms with Gasteiger partial charge in [0.25, 0.3) is 0 Å². The predicted molar refractivity (Wildman–Crippen MR) is 80.0 cm³/mol. The molecule has 1 aromatic rings. The summed E-state index contributed by atoms with van der Waals surface area (Å²) in [5.41, 5.74) is 1.05. The highest BCUT2D eigenvalue weighted by Gasteiger charge is 2.25. The lowest BCUT2D eigenvalue weighted by Gasteiger charge is -2.36. The highest BCUT2D eigenvalue weighted by atomic mass is 16.5. The number of piperidine rings is 1. The Labute approximate surface area is 121 Å². The van der Waals surface area contributed by atoms with Crippen molar-refractivity contribution in [3.05, 3.63) is 29.8 Å². The first-order valence-corrected chi connectivity index (χ1v) is 7.31. The van der Waals surface area contributed by atoms with Crippen molar-refractivity contribution in [2.24, 2.45) is 0 Å². The molecule has 4 heteroatoms. The second-order valence-electron chi connectivity index (χ2n) is 5.32. The van der Waals surface area contributed by atoms with Gasteiger partial charge in [-0.05, 0) is 44.0 Å². The van der Waals surface area contributed by atoms with Crippen LogP contribution in [-0.4, -0.2) is 44.1 Å². The van der Waals surface area contributed by atoms with Gasteiger partial charge in [0.15, 0.2) is 0 Å². The average molecular weight is 276 g/mol. The van der Waals surface area contributed by atoms with Crippen LogP contribution in [0.5, 0.6) is 5.75 Å². The van der Waals surface area contributed by atoms with E-state index in [1.807, 2.05) is 36.2 Å². The third kappa shape index (κ3) is 3.73. The lowest BCUT2D eigenvalue weighted by atomic mass is 10.0. The van der Waals surface area contributed by atoms with E-state index in [0.29, 0.717) is 12.5 Å². The Kier molecular flexibility index (Phi) is 5.41. The number of ether oxygens (including phenoxy) is 1. The van der Waals surface area contributed by atoms with Crippen molar-refractivity contribution in [1.82, 2.24) is 10.2 Å². The number of amides is 1. The second kappa shape index (κ2) is 7.29.